The van der Waals surface area contributed by atoms with Crippen LogP contribution in [0.1, 0.15) is 67.2 Å². The Morgan fingerprint density at radius 3 is 2.44 bits per heavy atom. The number of aliphatic hydroxyl groups excluding tert-OH is 1. The lowest BCUT2D eigenvalue weighted by molar-refractivity contribution is -0.284. The normalized spacial score (nSPS) is 46.5. The van der Waals surface area contributed by atoms with Gasteiger partial charge in [-0.15, -0.1) is 0 Å². The molecular formula is C29H42O10. The topological polar surface area (TPSA) is 130 Å². The Morgan fingerprint density at radius 2 is 1.85 bits per heavy atom. The predicted molar refractivity (Wildman–Crippen MR) is 136 cm³/mol. The van der Waals surface area contributed by atoms with Crippen molar-refractivity contribution < 1.29 is 47.9 Å². The highest BCUT2D eigenvalue weighted by atomic mass is 16.7. The van der Waals surface area contributed by atoms with Crippen LogP contribution in [-0.4, -0.2) is 72.5 Å². The second-order valence-corrected chi connectivity index (χ2v) is 12.5. The second-order valence-electron chi connectivity index (χ2n) is 12.5. The largest absolute Gasteiger partial charge is 0.472 e. The molecule has 0 aromatic rings. The van der Waals surface area contributed by atoms with Gasteiger partial charge >= 0.3 is 17.9 Å². The van der Waals surface area contributed by atoms with Crippen LogP contribution < -0.4 is 0 Å². The molecule has 2 saturated heterocycles. The molecule has 0 aromatic carbocycles. The summed E-state index contributed by atoms with van der Waals surface area (Å²) in [6.45, 7) is 10.7. The van der Waals surface area contributed by atoms with Crippen LogP contribution in [0.4, 0.5) is 0 Å². The molecule has 10 nitrogen and oxygen atoms in total. The summed E-state index contributed by atoms with van der Waals surface area (Å²) in [4.78, 5) is 37.7. The predicted octanol–water partition coefficient (Wildman–Crippen LogP) is 2.90. The van der Waals surface area contributed by atoms with Gasteiger partial charge in [-0.05, 0) is 43.6 Å². The van der Waals surface area contributed by atoms with Crippen LogP contribution >= 0.6 is 0 Å². The number of carbonyl (C=O) groups is 3. The molecule has 2 saturated carbocycles. The molecular weight excluding hydrogens is 508 g/mol. The number of carbonyl (C=O) groups excluding carboxylic acids is 3. The maximum atomic E-state index is 13.0. The Bertz CT molecular complexity index is 1020. The highest BCUT2D eigenvalue weighted by Crippen LogP contribution is 2.70. The van der Waals surface area contributed by atoms with E-state index in [2.05, 4.69) is 13.8 Å². The molecule has 0 radical (unpaired) electrons. The van der Waals surface area contributed by atoms with Crippen molar-refractivity contribution in [2.45, 2.75) is 104 Å². The Balaban J connectivity index is 1.62. The third-order valence-electron chi connectivity index (χ3n) is 10.6. The van der Waals surface area contributed by atoms with Crippen LogP contribution in [0, 0.1) is 34.5 Å². The lowest BCUT2D eigenvalue weighted by atomic mass is 9.41. The van der Waals surface area contributed by atoms with Gasteiger partial charge in [0.1, 0.15) is 18.3 Å². The van der Waals surface area contributed by atoms with Gasteiger partial charge in [0.25, 0.3) is 0 Å². The van der Waals surface area contributed by atoms with E-state index in [9.17, 15) is 19.5 Å². The standard InChI is InChI=1S/C29H42O10/c1-7-15(2)25(33)39-24-20(32)12-21-27(6,22-11-19-8-9-34-26(19)38-22)16(3)10-23(37-18(5)31)28(21,13-35-17(4)30)29(24)14-36-29/h8-9,15-16,19-24,26,32H,7,10-14H2,1-6H3/t15-,16-,19-,20-,21-,22+,23+,24+,26+,27+,28+,29-/m1/s1. The average molecular weight is 551 g/mol. The molecule has 4 fully saturated rings. The Morgan fingerprint density at radius 1 is 1.13 bits per heavy atom. The minimum absolute atomic E-state index is 0.00678. The Kier molecular flexibility index (Phi) is 7.29. The van der Waals surface area contributed by atoms with E-state index in [1.54, 1.807) is 13.2 Å². The molecule has 5 aliphatic rings. The maximum Gasteiger partial charge on any atom is 0.309 e. The van der Waals surface area contributed by atoms with E-state index in [1.807, 2.05) is 13.0 Å². The first-order valence-electron chi connectivity index (χ1n) is 14.2. The molecule has 0 bridgehead atoms. The van der Waals surface area contributed by atoms with E-state index in [0.717, 1.165) is 6.42 Å². The summed E-state index contributed by atoms with van der Waals surface area (Å²) in [7, 11) is 0. The molecule has 3 aliphatic heterocycles. The zero-order valence-corrected chi connectivity index (χ0v) is 23.7. The molecule has 1 spiro atoms. The van der Waals surface area contributed by atoms with E-state index in [-0.39, 0.29) is 55.7 Å². The number of rotatable bonds is 7. The summed E-state index contributed by atoms with van der Waals surface area (Å²) in [6.07, 6.45) is 2.38. The lowest BCUT2D eigenvalue weighted by Gasteiger charge is -2.65. The fraction of sp³-hybridized carbons (Fsp3) is 0.828. The summed E-state index contributed by atoms with van der Waals surface area (Å²) in [5.74, 6) is -1.97. The molecule has 0 amide bonds. The van der Waals surface area contributed by atoms with Gasteiger partial charge in [0, 0.05) is 25.2 Å². The van der Waals surface area contributed by atoms with Gasteiger partial charge in [0.15, 0.2) is 6.10 Å². The van der Waals surface area contributed by atoms with Crippen LogP contribution in [0.2, 0.25) is 0 Å². The molecule has 12 atom stereocenters. The van der Waals surface area contributed by atoms with Gasteiger partial charge in [-0.1, -0.05) is 27.7 Å². The third kappa shape index (κ3) is 4.28. The zero-order valence-electron chi connectivity index (χ0n) is 23.7. The summed E-state index contributed by atoms with van der Waals surface area (Å²) in [5.41, 5.74) is -2.81. The third-order valence-corrected chi connectivity index (χ3v) is 10.6. The van der Waals surface area contributed by atoms with Gasteiger partial charge in [-0.3, -0.25) is 14.4 Å². The first-order chi connectivity index (χ1) is 18.4. The first-order valence-corrected chi connectivity index (χ1v) is 14.2. The first kappa shape index (κ1) is 28.4. The molecule has 218 valence electrons. The molecule has 39 heavy (non-hydrogen) atoms. The number of esters is 3. The van der Waals surface area contributed by atoms with Crippen molar-refractivity contribution in [2.24, 2.45) is 34.5 Å². The van der Waals surface area contributed by atoms with Crippen LogP contribution in [0.3, 0.4) is 0 Å². The number of fused-ring (bicyclic) bond motifs is 3. The number of aliphatic hydroxyl groups is 1. The number of hydrogen-bond donors (Lipinski definition) is 1. The maximum absolute atomic E-state index is 13.0. The van der Waals surface area contributed by atoms with Crippen LogP contribution in [0.15, 0.2) is 12.3 Å². The van der Waals surface area contributed by atoms with E-state index in [4.69, 9.17) is 28.4 Å². The van der Waals surface area contributed by atoms with Crippen molar-refractivity contribution in [3.8, 4) is 0 Å². The van der Waals surface area contributed by atoms with E-state index >= 15 is 0 Å². The summed E-state index contributed by atoms with van der Waals surface area (Å²) < 4.78 is 36.2. The average Bonchev–Trinajstić information content (AvgIpc) is 3.36. The number of ether oxygens (including phenoxy) is 6. The molecule has 0 unspecified atom stereocenters. The van der Waals surface area contributed by atoms with Crippen LogP contribution in [0.25, 0.3) is 0 Å². The number of hydrogen-bond acceptors (Lipinski definition) is 10. The Hall–Kier alpha value is -2.17. The molecule has 2 aliphatic carbocycles. The molecule has 1 N–H and O–H groups in total. The fourth-order valence-electron chi connectivity index (χ4n) is 8.01. The fourth-order valence-corrected chi connectivity index (χ4v) is 8.01. The second kappa shape index (κ2) is 10.0. The van der Waals surface area contributed by atoms with E-state index in [0.29, 0.717) is 12.8 Å². The highest BCUT2D eigenvalue weighted by Gasteiger charge is 2.81. The molecule has 3 heterocycles. The smallest absolute Gasteiger partial charge is 0.309 e. The van der Waals surface area contributed by atoms with Crippen molar-refractivity contribution in [3.63, 3.8) is 0 Å². The van der Waals surface area contributed by atoms with Gasteiger partial charge in [0.2, 0.25) is 6.29 Å². The van der Waals surface area contributed by atoms with Crippen molar-refractivity contribution in [3.05, 3.63) is 12.3 Å². The SMILES string of the molecule is CC[C@@H](C)C(=O)O[C@H]1[C@H](O)C[C@@H]2[C@@](C)([C@@H]3C[C@H]4C=CO[C@H]4O3)[C@H](C)C[C@H](OC(C)=O)[C@@]2(COC(C)=O)[C@@]12CO2. The lowest BCUT2D eigenvalue weighted by Crippen LogP contribution is -2.74. The van der Waals surface area contributed by atoms with Gasteiger partial charge in [-0.25, -0.2) is 0 Å². The van der Waals surface area contributed by atoms with Crippen molar-refractivity contribution in [2.75, 3.05) is 13.2 Å². The van der Waals surface area contributed by atoms with Gasteiger partial charge < -0.3 is 33.5 Å². The van der Waals surface area contributed by atoms with Crippen molar-refractivity contribution in [1.82, 2.24) is 0 Å². The van der Waals surface area contributed by atoms with Crippen LogP contribution in [-0.2, 0) is 42.8 Å². The van der Waals surface area contributed by atoms with E-state index in [1.165, 1.54) is 13.8 Å². The summed E-state index contributed by atoms with van der Waals surface area (Å²) in [6, 6.07) is 0. The van der Waals surface area contributed by atoms with Crippen LogP contribution in [0.5, 0.6) is 0 Å². The summed E-state index contributed by atoms with van der Waals surface area (Å²) >= 11 is 0. The van der Waals surface area contributed by atoms with Gasteiger partial charge in [0.05, 0.1) is 36.4 Å². The monoisotopic (exact) mass is 550 g/mol. The molecule has 10 heteroatoms. The van der Waals surface area contributed by atoms with E-state index < -0.39 is 52.7 Å². The Labute approximate surface area is 229 Å². The quantitative estimate of drug-likeness (QED) is 0.287. The zero-order chi connectivity index (χ0) is 28.3. The summed E-state index contributed by atoms with van der Waals surface area (Å²) in [5, 5.41) is 11.6. The minimum Gasteiger partial charge on any atom is -0.472 e. The minimum atomic E-state index is -1.19. The molecule has 0 aromatic heterocycles. The van der Waals surface area contributed by atoms with Gasteiger partial charge in [-0.2, -0.15) is 0 Å². The van der Waals surface area contributed by atoms with Crippen molar-refractivity contribution >= 4 is 17.9 Å². The van der Waals surface area contributed by atoms with Crippen molar-refractivity contribution in [1.29, 1.82) is 0 Å². The molecule has 5 rings (SSSR count). The highest BCUT2D eigenvalue weighted by molar-refractivity contribution is 5.72. The number of epoxide rings is 1.